The van der Waals surface area contributed by atoms with Gasteiger partial charge < -0.3 is 10.6 Å². The van der Waals surface area contributed by atoms with Crippen molar-refractivity contribution in [3.8, 4) is 6.07 Å². The number of rotatable bonds is 6. The fourth-order valence-electron chi connectivity index (χ4n) is 2.05. The standard InChI is InChI=1S/C15H21F2N3/c1-4-5-20(10-15(2,3)9-19)14-12(16)6-11(8-18)7-13(14)17/h6-7H,4-5,9-10,19H2,1-3H3. The number of halogens is 2. The van der Waals surface area contributed by atoms with Gasteiger partial charge in [0, 0.05) is 13.1 Å². The lowest BCUT2D eigenvalue weighted by molar-refractivity contribution is 0.373. The number of benzene rings is 1. The van der Waals surface area contributed by atoms with E-state index in [2.05, 4.69) is 0 Å². The molecule has 110 valence electrons. The average molecular weight is 281 g/mol. The van der Waals surface area contributed by atoms with Crippen molar-refractivity contribution < 1.29 is 8.78 Å². The molecule has 5 heteroatoms. The van der Waals surface area contributed by atoms with Gasteiger partial charge in [-0.3, -0.25) is 0 Å². The molecule has 0 spiro atoms. The van der Waals surface area contributed by atoms with E-state index in [-0.39, 0.29) is 16.7 Å². The molecular weight excluding hydrogens is 260 g/mol. The zero-order valence-corrected chi connectivity index (χ0v) is 12.2. The zero-order valence-electron chi connectivity index (χ0n) is 12.2. The fraction of sp³-hybridized carbons (Fsp3) is 0.533. The molecule has 0 unspecified atom stereocenters. The Bertz CT molecular complexity index is 483. The summed E-state index contributed by atoms with van der Waals surface area (Å²) in [5.41, 5.74) is 5.35. The molecule has 0 aliphatic carbocycles. The van der Waals surface area contributed by atoms with Gasteiger partial charge in [0.1, 0.15) is 5.69 Å². The monoisotopic (exact) mass is 281 g/mol. The molecule has 0 fully saturated rings. The molecule has 1 aromatic carbocycles. The van der Waals surface area contributed by atoms with E-state index < -0.39 is 11.6 Å². The van der Waals surface area contributed by atoms with Gasteiger partial charge in [-0.15, -0.1) is 0 Å². The summed E-state index contributed by atoms with van der Waals surface area (Å²) < 4.78 is 28.2. The van der Waals surface area contributed by atoms with Crippen LogP contribution in [0.1, 0.15) is 32.8 Å². The molecule has 0 saturated carbocycles. The third-order valence-corrected chi connectivity index (χ3v) is 3.13. The number of hydrogen-bond donors (Lipinski definition) is 1. The number of nitriles is 1. The van der Waals surface area contributed by atoms with Crippen LogP contribution in [0.4, 0.5) is 14.5 Å². The van der Waals surface area contributed by atoms with Crippen LogP contribution in [-0.2, 0) is 0 Å². The van der Waals surface area contributed by atoms with Crippen molar-refractivity contribution in [2.75, 3.05) is 24.5 Å². The van der Waals surface area contributed by atoms with Crippen molar-refractivity contribution in [1.29, 1.82) is 5.26 Å². The van der Waals surface area contributed by atoms with E-state index in [9.17, 15) is 8.78 Å². The SMILES string of the molecule is CCCN(CC(C)(C)CN)c1c(F)cc(C#N)cc1F. The summed E-state index contributed by atoms with van der Waals surface area (Å²) in [4.78, 5) is 1.67. The van der Waals surface area contributed by atoms with Gasteiger partial charge in [0.15, 0.2) is 11.6 Å². The predicted molar refractivity (Wildman–Crippen MR) is 76.4 cm³/mol. The topological polar surface area (TPSA) is 53.0 Å². The van der Waals surface area contributed by atoms with Gasteiger partial charge in [0.05, 0.1) is 11.6 Å². The molecule has 0 aliphatic heterocycles. The van der Waals surface area contributed by atoms with Crippen LogP contribution in [0.5, 0.6) is 0 Å². The van der Waals surface area contributed by atoms with E-state index >= 15 is 0 Å². The smallest absolute Gasteiger partial charge is 0.150 e. The van der Waals surface area contributed by atoms with Crippen molar-refractivity contribution in [1.82, 2.24) is 0 Å². The van der Waals surface area contributed by atoms with Crippen LogP contribution in [0.3, 0.4) is 0 Å². The van der Waals surface area contributed by atoms with Crippen molar-refractivity contribution in [2.24, 2.45) is 11.1 Å². The van der Waals surface area contributed by atoms with Gasteiger partial charge in [0.25, 0.3) is 0 Å². The quantitative estimate of drug-likeness (QED) is 0.872. The normalized spacial score (nSPS) is 11.2. The Balaban J connectivity index is 3.19. The Hall–Kier alpha value is -1.67. The molecule has 0 saturated heterocycles. The lowest BCUT2D eigenvalue weighted by atomic mass is 9.92. The third-order valence-electron chi connectivity index (χ3n) is 3.13. The van der Waals surface area contributed by atoms with Crippen molar-refractivity contribution in [2.45, 2.75) is 27.2 Å². The number of anilines is 1. The summed E-state index contributed by atoms with van der Waals surface area (Å²) in [5.74, 6) is -1.41. The maximum Gasteiger partial charge on any atom is 0.150 e. The molecular formula is C15H21F2N3. The molecule has 20 heavy (non-hydrogen) atoms. The molecule has 0 heterocycles. The summed E-state index contributed by atoms with van der Waals surface area (Å²) in [6, 6.07) is 3.88. The number of hydrogen-bond acceptors (Lipinski definition) is 3. The Labute approximate surface area is 119 Å². The van der Waals surface area contributed by atoms with Crippen molar-refractivity contribution in [3.05, 3.63) is 29.3 Å². The van der Waals surface area contributed by atoms with Crippen LogP contribution in [-0.4, -0.2) is 19.6 Å². The average Bonchev–Trinajstić information content (AvgIpc) is 2.37. The molecule has 3 nitrogen and oxygen atoms in total. The first-order valence-corrected chi connectivity index (χ1v) is 6.68. The Morgan fingerprint density at radius 1 is 1.30 bits per heavy atom. The van der Waals surface area contributed by atoms with Gasteiger partial charge in [-0.2, -0.15) is 5.26 Å². The molecule has 0 aliphatic rings. The van der Waals surface area contributed by atoms with Crippen molar-refractivity contribution in [3.63, 3.8) is 0 Å². The summed E-state index contributed by atoms with van der Waals surface area (Å²) >= 11 is 0. The minimum atomic E-state index is -0.706. The van der Waals surface area contributed by atoms with Crippen LogP contribution >= 0.6 is 0 Å². The van der Waals surface area contributed by atoms with E-state index in [1.165, 1.54) is 0 Å². The number of nitrogens with two attached hydrogens (primary N) is 1. The molecule has 0 aromatic heterocycles. The molecule has 0 amide bonds. The summed E-state index contributed by atoms with van der Waals surface area (Å²) in [7, 11) is 0. The first kappa shape index (κ1) is 16.4. The first-order chi connectivity index (χ1) is 9.34. The highest BCUT2D eigenvalue weighted by Crippen LogP contribution is 2.28. The lowest BCUT2D eigenvalue weighted by Crippen LogP contribution is -2.40. The zero-order chi connectivity index (χ0) is 15.3. The Kier molecular flexibility index (Phi) is 5.46. The van der Waals surface area contributed by atoms with Crippen molar-refractivity contribution >= 4 is 5.69 Å². The molecule has 0 bridgehead atoms. The summed E-state index contributed by atoms with van der Waals surface area (Å²) in [6.45, 7) is 7.26. The highest BCUT2D eigenvalue weighted by atomic mass is 19.1. The largest absolute Gasteiger partial charge is 0.366 e. The lowest BCUT2D eigenvalue weighted by Gasteiger charge is -2.33. The van der Waals surface area contributed by atoms with Gasteiger partial charge >= 0.3 is 0 Å². The Morgan fingerprint density at radius 3 is 2.25 bits per heavy atom. The van der Waals surface area contributed by atoms with E-state index in [0.717, 1.165) is 18.6 Å². The highest BCUT2D eigenvalue weighted by molar-refractivity contribution is 5.52. The molecule has 0 atom stereocenters. The summed E-state index contributed by atoms with van der Waals surface area (Å²) in [5, 5.41) is 8.73. The molecule has 0 radical (unpaired) electrons. The highest BCUT2D eigenvalue weighted by Gasteiger charge is 2.24. The third kappa shape index (κ3) is 3.91. The van der Waals surface area contributed by atoms with E-state index in [4.69, 9.17) is 11.0 Å². The van der Waals surface area contributed by atoms with Gasteiger partial charge in [-0.1, -0.05) is 20.8 Å². The van der Waals surface area contributed by atoms with Gasteiger partial charge in [-0.05, 0) is 30.5 Å². The Morgan fingerprint density at radius 2 is 1.85 bits per heavy atom. The van der Waals surface area contributed by atoms with Crippen LogP contribution in [0, 0.1) is 28.4 Å². The summed E-state index contributed by atoms with van der Waals surface area (Å²) in [6.07, 6.45) is 0.763. The first-order valence-electron chi connectivity index (χ1n) is 6.68. The van der Waals surface area contributed by atoms with Crippen LogP contribution < -0.4 is 10.6 Å². The maximum absolute atomic E-state index is 14.1. The van der Waals surface area contributed by atoms with E-state index in [0.29, 0.717) is 19.6 Å². The van der Waals surface area contributed by atoms with Gasteiger partial charge in [-0.25, -0.2) is 8.78 Å². The number of nitrogens with zero attached hydrogens (tertiary/aromatic N) is 2. The van der Waals surface area contributed by atoms with Crippen LogP contribution in [0.25, 0.3) is 0 Å². The minimum Gasteiger partial charge on any atom is -0.366 e. The maximum atomic E-state index is 14.1. The second-order valence-corrected chi connectivity index (χ2v) is 5.69. The second-order valence-electron chi connectivity index (χ2n) is 5.69. The molecule has 1 aromatic rings. The van der Waals surface area contributed by atoms with Crippen LogP contribution in [0.15, 0.2) is 12.1 Å². The van der Waals surface area contributed by atoms with E-state index in [1.54, 1.807) is 11.0 Å². The second kappa shape index (κ2) is 6.67. The van der Waals surface area contributed by atoms with Gasteiger partial charge in [0.2, 0.25) is 0 Å². The minimum absolute atomic E-state index is 0.0155. The van der Waals surface area contributed by atoms with E-state index in [1.807, 2.05) is 20.8 Å². The van der Waals surface area contributed by atoms with Crippen LogP contribution in [0.2, 0.25) is 0 Å². The molecule has 2 N–H and O–H groups in total. The predicted octanol–water partition coefficient (Wildman–Crippen LogP) is 3.04. The fourth-order valence-corrected chi connectivity index (χ4v) is 2.05. The molecule has 1 rings (SSSR count).